The second-order valence-electron chi connectivity index (χ2n) is 5.76. The van der Waals surface area contributed by atoms with E-state index >= 15 is 0 Å². The summed E-state index contributed by atoms with van der Waals surface area (Å²) in [7, 11) is -3.28. The lowest BCUT2D eigenvalue weighted by Crippen LogP contribution is -2.27. The number of aromatic nitrogens is 2. The van der Waals surface area contributed by atoms with Crippen molar-refractivity contribution in [1.29, 1.82) is 0 Å². The SMILES string of the molecule is CC(C)S(=O)(=O)c1ccc(CC(=O)NCCc2cncnc2)cc1. The second-order valence-corrected chi connectivity index (χ2v) is 8.27. The van der Waals surface area contributed by atoms with Crippen molar-refractivity contribution in [3.63, 3.8) is 0 Å². The lowest BCUT2D eigenvalue weighted by molar-refractivity contribution is -0.120. The molecule has 0 unspecified atom stereocenters. The molecule has 1 N–H and O–H groups in total. The molecule has 0 aliphatic heterocycles. The summed E-state index contributed by atoms with van der Waals surface area (Å²) in [5.74, 6) is -0.105. The third-order valence-electron chi connectivity index (χ3n) is 3.59. The van der Waals surface area contributed by atoms with E-state index in [1.807, 2.05) is 0 Å². The zero-order valence-electron chi connectivity index (χ0n) is 13.8. The first-order valence-electron chi connectivity index (χ1n) is 7.73. The van der Waals surface area contributed by atoms with E-state index in [0.29, 0.717) is 13.0 Å². The largest absolute Gasteiger partial charge is 0.355 e. The molecule has 0 radical (unpaired) electrons. The van der Waals surface area contributed by atoms with E-state index in [-0.39, 0.29) is 17.2 Å². The molecule has 2 aromatic rings. The van der Waals surface area contributed by atoms with Gasteiger partial charge in [-0.25, -0.2) is 18.4 Å². The first-order valence-corrected chi connectivity index (χ1v) is 9.27. The van der Waals surface area contributed by atoms with Crippen LogP contribution in [0.1, 0.15) is 25.0 Å². The number of rotatable bonds is 7. The van der Waals surface area contributed by atoms with Crippen LogP contribution < -0.4 is 5.32 Å². The molecule has 2 rings (SSSR count). The van der Waals surface area contributed by atoms with Crippen LogP contribution in [0.15, 0.2) is 47.9 Å². The molecule has 0 bridgehead atoms. The van der Waals surface area contributed by atoms with Crippen LogP contribution in [0.3, 0.4) is 0 Å². The summed E-state index contributed by atoms with van der Waals surface area (Å²) in [6, 6.07) is 6.47. The minimum absolute atomic E-state index is 0.105. The third kappa shape index (κ3) is 4.86. The monoisotopic (exact) mass is 347 g/mol. The van der Waals surface area contributed by atoms with Gasteiger partial charge in [-0.2, -0.15) is 0 Å². The van der Waals surface area contributed by atoms with E-state index in [1.165, 1.54) is 6.33 Å². The third-order valence-corrected chi connectivity index (χ3v) is 5.76. The molecular formula is C17H21N3O3S. The molecule has 6 nitrogen and oxygen atoms in total. The minimum Gasteiger partial charge on any atom is -0.355 e. The van der Waals surface area contributed by atoms with Crippen LogP contribution in [0.25, 0.3) is 0 Å². The molecule has 1 aromatic carbocycles. The van der Waals surface area contributed by atoms with Crippen molar-refractivity contribution in [3.8, 4) is 0 Å². The van der Waals surface area contributed by atoms with Gasteiger partial charge in [0.1, 0.15) is 6.33 Å². The molecule has 0 saturated carbocycles. The van der Waals surface area contributed by atoms with Gasteiger partial charge in [0.05, 0.1) is 16.6 Å². The number of carbonyl (C=O) groups excluding carboxylic acids is 1. The molecule has 1 amide bonds. The average Bonchev–Trinajstić information content (AvgIpc) is 2.56. The fourth-order valence-electron chi connectivity index (χ4n) is 2.12. The van der Waals surface area contributed by atoms with Crippen LogP contribution in [0.5, 0.6) is 0 Å². The summed E-state index contributed by atoms with van der Waals surface area (Å²) in [6.07, 6.45) is 5.77. The van der Waals surface area contributed by atoms with Crippen molar-refractivity contribution >= 4 is 15.7 Å². The molecule has 0 atom stereocenters. The maximum absolute atomic E-state index is 12.1. The van der Waals surface area contributed by atoms with Gasteiger partial charge in [-0.05, 0) is 43.5 Å². The fraction of sp³-hybridized carbons (Fsp3) is 0.353. The highest BCUT2D eigenvalue weighted by Crippen LogP contribution is 2.16. The Morgan fingerprint density at radius 3 is 2.29 bits per heavy atom. The van der Waals surface area contributed by atoms with Crippen LogP contribution in [0.2, 0.25) is 0 Å². The molecule has 24 heavy (non-hydrogen) atoms. The second kappa shape index (κ2) is 8.01. The zero-order valence-corrected chi connectivity index (χ0v) is 14.6. The van der Waals surface area contributed by atoms with Gasteiger partial charge in [-0.3, -0.25) is 4.79 Å². The minimum atomic E-state index is -3.28. The summed E-state index contributed by atoms with van der Waals surface area (Å²) < 4.78 is 24.1. The van der Waals surface area contributed by atoms with Gasteiger partial charge in [-0.1, -0.05) is 12.1 Å². The molecule has 7 heteroatoms. The average molecular weight is 347 g/mol. The summed E-state index contributed by atoms with van der Waals surface area (Å²) in [5.41, 5.74) is 1.74. The summed E-state index contributed by atoms with van der Waals surface area (Å²) in [5, 5.41) is 2.37. The molecule has 0 aliphatic carbocycles. The number of hydrogen-bond acceptors (Lipinski definition) is 5. The van der Waals surface area contributed by atoms with E-state index in [4.69, 9.17) is 0 Å². The molecule has 128 valence electrons. The number of amides is 1. The summed E-state index contributed by atoms with van der Waals surface area (Å²) >= 11 is 0. The Bertz CT molecular complexity index is 772. The highest BCUT2D eigenvalue weighted by atomic mass is 32.2. The van der Waals surface area contributed by atoms with Gasteiger partial charge in [0.25, 0.3) is 0 Å². The molecular weight excluding hydrogens is 326 g/mol. The standard InChI is InChI=1S/C17H21N3O3S/c1-13(2)24(22,23)16-5-3-14(4-6-16)9-17(21)20-8-7-15-10-18-12-19-11-15/h3-6,10-13H,7-9H2,1-2H3,(H,20,21). The van der Waals surface area contributed by atoms with Crippen molar-refractivity contribution in [2.75, 3.05) is 6.54 Å². The van der Waals surface area contributed by atoms with Crippen molar-refractivity contribution in [3.05, 3.63) is 54.1 Å². The summed E-state index contributed by atoms with van der Waals surface area (Å²) in [6.45, 7) is 3.80. The first kappa shape index (κ1) is 18.1. The lowest BCUT2D eigenvalue weighted by atomic mass is 10.1. The highest BCUT2D eigenvalue weighted by molar-refractivity contribution is 7.92. The molecule has 0 saturated heterocycles. The number of nitrogens with zero attached hydrogens (tertiary/aromatic N) is 2. The van der Waals surface area contributed by atoms with Crippen LogP contribution in [-0.4, -0.2) is 36.1 Å². The Balaban J connectivity index is 1.86. The Morgan fingerprint density at radius 2 is 1.71 bits per heavy atom. The van der Waals surface area contributed by atoms with E-state index in [2.05, 4.69) is 15.3 Å². The molecule has 0 aliphatic rings. The fourth-order valence-corrected chi connectivity index (χ4v) is 3.18. The Morgan fingerprint density at radius 1 is 1.08 bits per heavy atom. The van der Waals surface area contributed by atoms with Gasteiger partial charge < -0.3 is 5.32 Å². The van der Waals surface area contributed by atoms with Crippen LogP contribution >= 0.6 is 0 Å². The zero-order chi connectivity index (χ0) is 17.6. The Hall–Kier alpha value is -2.28. The Labute approximate surface area is 142 Å². The smallest absolute Gasteiger partial charge is 0.224 e. The van der Waals surface area contributed by atoms with Crippen molar-refractivity contribution in [2.45, 2.75) is 36.8 Å². The van der Waals surface area contributed by atoms with Crippen molar-refractivity contribution in [1.82, 2.24) is 15.3 Å². The first-order chi connectivity index (χ1) is 11.4. The van der Waals surface area contributed by atoms with Gasteiger partial charge in [0.15, 0.2) is 9.84 Å². The van der Waals surface area contributed by atoms with E-state index in [0.717, 1.165) is 11.1 Å². The number of hydrogen-bond donors (Lipinski definition) is 1. The van der Waals surface area contributed by atoms with Crippen molar-refractivity contribution in [2.24, 2.45) is 0 Å². The molecule has 1 heterocycles. The maximum atomic E-state index is 12.1. The lowest BCUT2D eigenvalue weighted by Gasteiger charge is -2.09. The van der Waals surface area contributed by atoms with Gasteiger partial charge >= 0.3 is 0 Å². The molecule has 1 aromatic heterocycles. The maximum Gasteiger partial charge on any atom is 0.224 e. The van der Waals surface area contributed by atoms with Gasteiger partial charge in [0, 0.05) is 18.9 Å². The van der Waals surface area contributed by atoms with Crippen LogP contribution in [0, 0.1) is 0 Å². The van der Waals surface area contributed by atoms with E-state index < -0.39 is 15.1 Å². The quantitative estimate of drug-likeness (QED) is 0.821. The normalized spacial score (nSPS) is 11.5. The molecule has 0 spiro atoms. The number of sulfone groups is 1. The molecule has 0 fully saturated rings. The predicted molar refractivity (Wildman–Crippen MR) is 91.2 cm³/mol. The highest BCUT2D eigenvalue weighted by Gasteiger charge is 2.18. The van der Waals surface area contributed by atoms with Crippen molar-refractivity contribution < 1.29 is 13.2 Å². The topological polar surface area (TPSA) is 89.0 Å². The number of carbonyl (C=O) groups is 1. The van der Waals surface area contributed by atoms with Crippen LogP contribution in [0.4, 0.5) is 0 Å². The van der Waals surface area contributed by atoms with E-state index in [9.17, 15) is 13.2 Å². The van der Waals surface area contributed by atoms with E-state index in [1.54, 1.807) is 50.5 Å². The van der Waals surface area contributed by atoms with Crippen LogP contribution in [-0.2, 0) is 27.5 Å². The predicted octanol–water partition coefficient (Wildman–Crippen LogP) is 1.56. The number of benzene rings is 1. The van der Waals surface area contributed by atoms with Gasteiger partial charge in [0.2, 0.25) is 5.91 Å². The Kier molecular flexibility index (Phi) is 6.03. The summed E-state index contributed by atoms with van der Waals surface area (Å²) in [4.78, 5) is 20.1. The van der Waals surface area contributed by atoms with Gasteiger partial charge in [-0.15, -0.1) is 0 Å². The number of nitrogens with one attached hydrogen (secondary N) is 1.